The number of halogens is 1. The van der Waals surface area contributed by atoms with E-state index >= 15 is 0 Å². The third kappa shape index (κ3) is 3.43. The number of benzene rings is 2. The summed E-state index contributed by atoms with van der Waals surface area (Å²) in [5.74, 6) is -1.94. The largest absolute Gasteiger partial charge is 0.480 e. The van der Waals surface area contributed by atoms with Crippen LogP contribution in [0, 0.1) is 17.1 Å². The number of nitriles is 1. The fraction of sp³-hybridized carbons (Fsp3) is 0.182. The molecule has 158 valence electrons. The standard InChI is InChI=1S/C22H17FN2O4S2/c1-21(16-5-3-2-4-6-16)13-22(21,20(26)27)25-31(28,29)19-10-9-18(30-19)14-7-8-15(12-24)17(23)11-14/h2-11,25H,13H2,1H3,(H,26,27)/t21-,22-/m1/s1. The van der Waals surface area contributed by atoms with Crippen molar-refractivity contribution in [2.45, 2.75) is 28.5 Å². The van der Waals surface area contributed by atoms with Gasteiger partial charge in [0.2, 0.25) is 0 Å². The van der Waals surface area contributed by atoms with Crippen LogP contribution in [0.15, 0.2) is 64.9 Å². The first kappa shape index (κ1) is 21.2. The summed E-state index contributed by atoms with van der Waals surface area (Å²) in [6.07, 6.45) is 0.123. The SMILES string of the molecule is C[C@]1(c2ccccc2)C[C@@]1(NS(=O)(=O)c1ccc(-c2ccc(C#N)c(F)c2)s1)C(=O)O. The number of sulfonamides is 1. The number of hydrogen-bond donors (Lipinski definition) is 2. The van der Waals surface area contributed by atoms with E-state index in [2.05, 4.69) is 4.72 Å². The molecule has 1 aliphatic rings. The molecule has 6 nitrogen and oxygen atoms in total. The maximum atomic E-state index is 13.9. The quantitative estimate of drug-likeness (QED) is 0.585. The number of carboxylic acid groups (broad SMARTS) is 1. The van der Waals surface area contributed by atoms with E-state index in [-0.39, 0.29) is 16.2 Å². The van der Waals surface area contributed by atoms with E-state index in [1.165, 1.54) is 30.3 Å². The topological polar surface area (TPSA) is 107 Å². The van der Waals surface area contributed by atoms with E-state index in [0.717, 1.165) is 16.9 Å². The lowest BCUT2D eigenvalue weighted by atomic mass is 9.93. The van der Waals surface area contributed by atoms with Crippen molar-refractivity contribution in [3.05, 3.63) is 77.6 Å². The fourth-order valence-electron chi connectivity index (χ4n) is 3.80. The van der Waals surface area contributed by atoms with Gasteiger partial charge in [-0.3, -0.25) is 4.79 Å². The van der Waals surface area contributed by atoms with Gasteiger partial charge in [0.25, 0.3) is 10.0 Å². The highest BCUT2D eigenvalue weighted by Gasteiger charge is 2.72. The second kappa shape index (κ2) is 7.27. The number of nitrogens with one attached hydrogen (secondary N) is 1. The number of rotatable bonds is 6. The lowest BCUT2D eigenvalue weighted by Gasteiger charge is -2.20. The van der Waals surface area contributed by atoms with Crippen LogP contribution in [0.4, 0.5) is 4.39 Å². The first-order valence-corrected chi connectivity index (χ1v) is 11.6. The number of aliphatic carboxylic acids is 1. The molecule has 0 bridgehead atoms. The normalized spacial score (nSPS) is 22.6. The second-order valence-electron chi connectivity index (χ2n) is 7.62. The predicted molar refractivity (Wildman–Crippen MR) is 114 cm³/mol. The predicted octanol–water partition coefficient (Wildman–Crippen LogP) is 3.89. The first-order chi connectivity index (χ1) is 14.6. The maximum absolute atomic E-state index is 13.9. The van der Waals surface area contributed by atoms with Crippen molar-refractivity contribution in [3.8, 4) is 16.5 Å². The zero-order valence-corrected chi connectivity index (χ0v) is 17.9. The minimum absolute atomic E-state index is 0.0739. The summed E-state index contributed by atoms with van der Waals surface area (Å²) in [4.78, 5) is 12.6. The summed E-state index contributed by atoms with van der Waals surface area (Å²) in [6, 6.07) is 17.6. The van der Waals surface area contributed by atoms with E-state index in [9.17, 15) is 22.7 Å². The summed E-state index contributed by atoms with van der Waals surface area (Å²) in [7, 11) is -4.15. The van der Waals surface area contributed by atoms with E-state index in [0.29, 0.717) is 10.4 Å². The van der Waals surface area contributed by atoms with Crippen molar-refractivity contribution in [1.29, 1.82) is 5.26 Å². The highest BCUT2D eigenvalue weighted by atomic mass is 32.2. The molecule has 0 saturated heterocycles. The van der Waals surface area contributed by atoms with Gasteiger partial charge in [-0.15, -0.1) is 11.3 Å². The molecule has 1 saturated carbocycles. The zero-order valence-electron chi connectivity index (χ0n) is 16.3. The number of hydrogen-bond acceptors (Lipinski definition) is 5. The van der Waals surface area contributed by atoms with Crippen LogP contribution in [0.25, 0.3) is 10.4 Å². The Bertz CT molecular complexity index is 1330. The van der Waals surface area contributed by atoms with Crippen LogP contribution in [-0.2, 0) is 20.2 Å². The van der Waals surface area contributed by atoms with Crippen LogP contribution in [-0.4, -0.2) is 25.0 Å². The molecule has 9 heteroatoms. The molecule has 0 radical (unpaired) electrons. The van der Waals surface area contributed by atoms with Crippen molar-refractivity contribution < 1.29 is 22.7 Å². The molecule has 1 aromatic heterocycles. The average Bonchev–Trinajstić information content (AvgIpc) is 3.11. The van der Waals surface area contributed by atoms with Crippen LogP contribution in [0.3, 0.4) is 0 Å². The van der Waals surface area contributed by atoms with Gasteiger partial charge in [-0.05, 0) is 41.8 Å². The summed E-state index contributed by atoms with van der Waals surface area (Å²) < 4.78 is 42.3. The molecule has 4 rings (SSSR count). The van der Waals surface area contributed by atoms with Gasteiger partial charge in [-0.1, -0.05) is 43.3 Å². The summed E-state index contributed by atoms with van der Waals surface area (Å²) >= 11 is 0.898. The van der Waals surface area contributed by atoms with E-state index in [4.69, 9.17) is 5.26 Å². The Morgan fingerprint density at radius 3 is 2.52 bits per heavy atom. The summed E-state index contributed by atoms with van der Waals surface area (Å²) in [5.41, 5.74) is -1.48. The molecule has 3 aromatic rings. The molecular weight excluding hydrogens is 439 g/mol. The highest BCUT2D eigenvalue weighted by molar-refractivity contribution is 7.91. The van der Waals surface area contributed by atoms with Gasteiger partial charge in [0.15, 0.2) is 0 Å². The van der Waals surface area contributed by atoms with E-state index in [1.807, 2.05) is 0 Å². The maximum Gasteiger partial charge on any atom is 0.325 e. The monoisotopic (exact) mass is 456 g/mol. The summed E-state index contributed by atoms with van der Waals surface area (Å²) in [5, 5.41) is 18.7. The first-order valence-electron chi connectivity index (χ1n) is 9.26. The number of nitrogens with zero attached hydrogens (tertiary/aromatic N) is 1. The van der Waals surface area contributed by atoms with Crippen LogP contribution < -0.4 is 4.72 Å². The average molecular weight is 457 g/mol. The summed E-state index contributed by atoms with van der Waals surface area (Å²) in [6.45, 7) is 1.72. The van der Waals surface area contributed by atoms with Crippen molar-refractivity contribution in [2.75, 3.05) is 0 Å². The van der Waals surface area contributed by atoms with Gasteiger partial charge in [0, 0.05) is 10.3 Å². The van der Waals surface area contributed by atoms with Crippen molar-refractivity contribution in [3.63, 3.8) is 0 Å². The number of carbonyl (C=O) groups is 1. The Labute approximate surface area is 182 Å². The number of thiophene rings is 1. The minimum atomic E-state index is -4.15. The molecule has 31 heavy (non-hydrogen) atoms. The van der Waals surface area contributed by atoms with E-state index < -0.39 is 32.8 Å². The van der Waals surface area contributed by atoms with Crippen molar-refractivity contribution in [2.24, 2.45) is 0 Å². The lowest BCUT2D eigenvalue weighted by molar-refractivity contribution is -0.140. The van der Waals surface area contributed by atoms with Crippen LogP contribution >= 0.6 is 11.3 Å². The molecule has 2 atom stereocenters. The molecular formula is C22H17FN2O4S2. The molecule has 0 amide bonds. The molecule has 0 spiro atoms. The van der Waals surface area contributed by atoms with Crippen molar-refractivity contribution in [1.82, 2.24) is 4.72 Å². The van der Waals surface area contributed by atoms with Gasteiger partial charge < -0.3 is 5.11 Å². The molecule has 2 N–H and O–H groups in total. The number of carboxylic acids is 1. The van der Waals surface area contributed by atoms with Gasteiger partial charge in [-0.2, -0.15) is 9.98 Å². The Kier molecular flexibility index (Phi) is 4.97. The van der Waals surface area contributed by atoms with Crippen LogP contribution in [0.1, 0.15) is 24.5 Å². The van der Waals surface area contributed by atoms with Gasteiger partial charge in [-0.25, -0.2) is 12.8 Å². The smallest absolute Gasteiger partial charge is 0.325 e. The van der Waals surface area contributed by atoms with Gasteiger partial charge in [0.05, 0.1) is 5.56 Å². The van der Waals surface area contributed by atoms with Gasteiger partial charge >= 0.3 is 5.97 Å². The van der Waals surface area contributed by atoms with E-state index in [1.54, 1.807) is 43.3 Å². The Hall–Kier alpha value is -3.06. The Morgan fingerprint density at radius 1 is 1.19 bits per heavy atom. The molecule has 1 heterocycles. The molecule has 1 aliphatic carbocycles. The lowest BCUT2D eigenvalue weighted by Crippen LogP contribution is -2.47. The molecule has 1 fully saturated rings. The van der Waals surface area contributed by atoms with Crippen LogP contribution in [0.2, 0.25) is 0 Å². The molecule has 0 unspecified atom stereocenters. The van der Waals surface area contributed by atoms with Crippen LogP contribution in [0.5, 0.6) is 0 Å². The zero-order chi connectivity index (χ0) is 22.4. The minimum Gasteiger partial charge on any atom is -0.480 e. The third-order valence-electron chi connectivity index (χ3n) is 5.74. The van der Waals surface area contributed by atoms with Gasteiger partial charge in [0.1, 0.15) is 21.6 Å². The second-order valence-corrected chi connectivity index (χ2v) is 10.6. The fourth-order valence-corrected chi connectivity index (χ4v) is 6.56. The van der Waals surface area contributed by atoms with Crippen molar-refractivity contribution >= 4 is 27.3 Å². The molecule has 0 aliphatic heterocycles. The Balaban J connectivity index is 1.65. The Morgan fingerprint density at radius 2 is 1.90 bits per heavy atom. The highest BCUT2D eigenvalue weighted by Crippen LogP contribution is 2.58. The molecule has 2 aromatic carbocycles. The third-order valence-corrected chi connectivity index (χ3v) is 8.86.